The molecule has 0 spiro atoms. The van der Waals surface area contributed by atoms with Gasteiger partial charge in [0.05, 0.1) is 30.2 Å². The summed E-state index contributed by atoms with van der Waals surface area (Å²) in [4.78, 5) is 12.8. The van der Waals surface area contributed by atoms with Crippen molar-refractivity contribution in [1.29, 1.82) is 0 Å². The fourth-order valence-electron chi connectivity index (χ4n) is 2.72. The molecule has 0 aliphatic carbocycles. The predicted octanol–water partition coefficient (Wildman–Crippen LogP) is 4.29. The van der Waals surface area contributed by atoms with Gasteiger partial charge in [-0.1, -0.05) is 24.3 Å². The number of nitrogens with zero attached hydrogens (tertiary/aromatic N) is 2. The van der Waals surface area contributed by atoms with E-state index in [0.717, 1.165) is 11.3 Å². The van der Waals surface area contributed by atoms with Crippen molar-refractivity contribution in [1.82, 2.24) is 0 Å². The van der Waals surface area contributed by atoms with Crippen LogP contribution >= 0.6 is 0 Å². The Morgan fingerprint density at radius 2 is 1.81 bits per heavy atom. The van der Waals surface area contributed by atoms with Crippen LogP contribution in [0.15, 0.2) is 59.2 Å². The summed E-state index contributed by atoms with van der Waals surface area (Å²) in [5.41, 5.74) is 2.85. The third-order valence-electron chi connectivity index (χ3n) is 3.92. The molecule has 0 unspecified atom stereocenters. The summed E-state index contributed by atoms with van der Waals surface area (Å²) in [6.07, 6.45) is 1.88. The third kappa shape index (κ3) is 3.61. The lowest BCUT2D eigenvalue weighted by Gasteiger charge is -2.14. The molecule has 2 aromatic carbocycles. The van der Waals surface area contributed by atoms with Crippen LogP contribution in [0.4, 0.5) is 5.69 Å². The zero-order valence-corrected chi connectivity index (χ0v) is 15.4. The van der Waals surface area contributed by atoms with Gasteiger partial charge in [-0.25, -0.2) is 0 Å². The number of ether oxygens (including phenoxy) is 2. The van der Waals surface area contributed by atoms with Crippen LogP contribution in [-0.2, 0) is 4.79 Å². The van der Waals surface area contributed by atoms with Gasteiger partial charge in [-0.15, -0.1) is 0 Å². The van der Waals surface area contributed by atoms with Crippen molar-refractivity contribution in [3.05, 3.63) is 59.7 Å². The maximum Gasteiger partial charge on any atom is 0.280 e. The van der Waals surface area contributed by atoms with Gasteiger partial charge in [-0.3, -0.25) is 4.79 Å². The van der Waals surface area contributed by atoms with Crippen LogP contribution in [0.2, 0.25) is 0 Å². The zero-order valence-electron chi connectivity index (χ0n) is 15.4. The number of amides is 1. The molecule has 1 heterocycles. The number of carbonyl (C=O) groups is 1. The highest BCUT2D eigenvalue weighted by Crippen LogP contribution is 2.31. The highest BCUT2D eigenvalue weighted by Gasteiger charge is 2.28. The molecule has 0 saturated heterocycles. The summed E-state index contributed by atoms with van der Waals surface area (Å²) in [5, 5.41) is 5.82. The van der Waals surface area contributed by atoms with Crippen LogP contribution in [-0.4, -0.2) is 24.8 Å². The van der Waals surface area contributed by atoms with Gasteiger partial charge in [0.25, 0.3) is 5.91 Å². The van der Waals surface area contributed by atoms with Gasteiger partial charge in [0.15, 0.2) is 11.5 Å². The monoisotopic (exact) mass is 350 g/mol. The number of benzene rings is 2. The van der Waals surface area contributed by atoms with Gasteiger partial charge in [-0.05, 0) is 56.7 Å². The lowest BCUT2D eigenvalue weighted by molar-refractivity contribution is -0.114. The SMILES string of the molecule is COc1cc(C=C2C(=O)N(c3ccccc3)N=C2C)ccc1OC(C)C. The number of carbonyl (C=O) groups excluding carboxylic acids is 1. The van der Waals surface area contributed by atoms with Gasteiger partial charge < -0.3 is 9.47 Å². The Balaban J connectivity index is 1.91. The largest absolute Gasteiger partial charge is 0.493 e. The summed E-state index contributed by atoms with van der Waals surface area (Å²) >= 11 is 0. The van der Waals surface area contributed by atoms with Gasteiger partial charge in [-0.2, -0.15) is 10.1 Å². The van der Waals surface area contributed by atoms with Crippen LogP contribution in [0.5, 0.6) is 11.5 Å². The molecule has 134 valence electrons. The van der Waals surface area contributed by atoms with E-state index in [1.807, 2.05) is 75.4 Å². The molecule has 26 heavy (non-hydrogen) atoms. The van der Waals surface area contributed by atoms with Crippen molar-refractivity contribution < 1.29 is 14.3 Å². The normalized spacial score (nSPS) is 15.6. The molecule has 1 aliphatic rings. The standard InChI is InChI=1S/C21H22N2O3/c1-14(2)26-19-11-10-16(13-20(19)25-4)12-18-15(3)22-23(21(18)24)17-8-6-5-7-9-17/h5-14H,1-4H3. The minimum Gasteiger partial charge on any atom is -0.493 e. The van der Waals surface area contributed by atoms with E-state index in [1.54, 1.807) is 7.11 Å². The van der Waals surface area contributed by atoms with E-state index in [4.69, 9.17) is 9.47 Å². The fraction of sp³-hybridized carbons (Fsp3) is 0.238. The number of hydrogen-bond acceptors (Lipinski definition) is 4. The molecular formula is C21H22N2O3. The summed E-state index contributed by atoms with van der Waals surface area (Å²) in [5.74, 6) is 1.17. The Morgan fingerprint density at radius 3 is 2.46 bits per heavy atom. The molecule has 0 fully saturated rings. The van der Waals surface area contributed by atoms with Crippen LogP contribution in [0.3, 0.4) is 0 Å². The van der Waals surface area contributed by atoms with Crippen molar-refractivity contribution in [2.75, 3.05) is 12.1 Å². The molecule has 0 N–H and O–H groups in total. The van der Waals surface area contributed by atoms with Gasteiger partial charge >= 0.3 is 0 Å². The first-order valence-electron chi connectivity index (χ1n) is 8.51. The van der Waals surface area contributed by atoms with Crippen molar-refractivity contribution in [2.45, 2.75) is 26.9 Å². The average molecular weight is 350 g/mol. The number of anilines is 1. The highest BCUT2D eigenvalue weighted by molar-refractivity contribution is 6.32. The second kappa shape index (κ2) is 7.44. The molecule has 1 aliphatic heterocycles. The molecule has 0 radical (unpaired) electrons. The topological polar surface area (TPSA) is 51.1 Å². The Labute approximate surface area is 153 Å². The quantitative estimate of drug-likeness (QED) is 0.756. The van der Waals surface area contributed by atoms with E-state index in [0.29, 0.717) is 22.8 Å². The molecule has 0 aromatic heterocycles. The maximum atomic E-state index is 12.8. The first-order chi connectivity index (χ1) is 12.5. The summed E-state index contributed by atoms with van der Waals surface area (Å²) in [6.45, 7) is 5.76. The molecule has 3 rings (SSSR count). The molecule has 0 atom stereocenters. The lowest BCUT2D eigenvalue weighted by atomic mass is 10.1. The van der Waals surface area contributed by atoms with Gasteiger partial charge in [0.1, 0.15) is 0 Å². The van der Waals surface area contributed by atoms with E-state index in [9.17, 15) is 4.79 Å². The highest BCUT2D eigenvalue weighted by atomic mass is 16.5. The van der Waals surface area contributed by atoms with Crippen LogP contribution in [0, 0.1) is 0 Å². The molecule has 0 bridgehead atoms. The molecule has 5 heteroatoms. The lowest BCUT2D eigenvalue weighted by Crippen LogP contribution is -2.21. The molecule has 5 nitrogen and oxygen atoms in total. The van der Waals surface area contributed by atoms with E-state index >= 15 is 0 Å². The van der Waals surface area contributed by atoms with Crippen molar-refractivity contribution in [3.63, 3.8) is 0 Å². The van der Waals surface area contributed by atoms with Crippen molar-refractivity contribution in [3.8, 4) is 11.5 Å². The number of rotatable bonds is 5. The Hall–Kier alpha value is -3.08. The zero-order chi connectivity index (χ0) is 18.7. The second-order valence-corrected chi connectivity index (χ2v) is 6.27. The Bertz CT molecular complexity index is 870. The minimum absolute atomic E-state index is 0.0540. The molecule has 2 aromatic rings. The Kier molecular flexibility index (Phi) is 5.07. The smallest absolute Gasteiger partial charge is 0.280 e. The van der Waals surface area contributed by atoms with E-state index in [2.05, 4.69) is 5.10 Å². The van der Waals surface area contributed by atoms with E-state index < -0.39 is 0 Å². The van der Waals surface area contributed by atoms with Crippen molar-refractivity contribution in [2.24, 2.45) is 5.10 Å². The van der Waals surface area contributed by atoms with Crippen LogP contribution in [0.25, 0.3) is 6.08 Å². The first kappa shape index (κ1) is 17.7. The minimum atomic E-state index is -0.143. The van der Waals surface area contributed by atoms with E-state index in [-0.39, 0.29) is 12.0 Å². The van der Waals surface area contributed by atoms with Crippen molar-refractivity contribution >= 4 is 23.4 Å². The first-order valence-corrected chi connectivity index (χ1v) is 8.51. The average Bonchev–Trinajstić information content (AvgIpc) is 2.91. The molecular weight excluding hydrogens is 328 g/mol. The number of hydrogen-bond donors (Lipinski definition) is 0. The number of hydrazone groups is 1. The summed E-state index contributed by atoms with van der Waals surface area (Å²) in [7, 11) is 1.60. The third-order valence-corrected chi connectivity index (χ3v) is 3.92. The molecule has 0 saturated carbocycles. The van der Waals surface area contributed by atoms with Gasteiger partial charge in [0, 0.05) is 0 Å². The van der Waals surface area contributed by atoms with Crippen LogP contribution in [0.1, 0.15) is 26.3 Å². The summed E-state index contributed by atoms with van der Waals surface area (Å²) < 4.78 is 11.1. The van der Waals surface area contributed by atoms with Gasteiger partial charge in [0.2, 0.25) is 0 Å². The summed E-state index contributed by atoms with van der Waals surface area (Å²) in [6, 6.07) is 15.0. The van der Waals surface area contributed by atoms with E-state index in [1.165, 1.54) is 5.01 Å². The van der Waals surface area contributed by atoms with Crippen LogP contribution < -0.4 is 14.5 Å². The predicted molar refractivity (Wildman–Crippen MR) is 104 cm³/mol. The fourth-order valence-corrected chi connectivity index (χ4v) is 2.72. The number of methoxy groups -OCH3 is 1. The number of para-hydroxylation sites is 1. The maximum absolute atomic E-state index is 12.8. The molecule has 1 amide bonds. The Morgan fingerprint density at radius 1 is 1.08 bits per heavy atom. The second-order valence-electron chi connectivity index (χ2n) is 6.27.